The molecular formula is C61H121NO3. The average Bonchev–Trinajstić information content (AvgIpc) is 3.31. The molecule has 0 rings (SSSR count). The van der Waals surface area contributed by atoms with Gasteiger partial charge < -0.3 is 15.5 Å². The van der Waals surface area contributed by atoms with Crippen molar-refractivity contribution in [3.8, 4) is 0 Å². The second kappa shape index (κ2) is 57.4. The summed E-state index contributed by atoms with van der Waals surface area (Å²) < 4.78 is 0. The number of aliphatic hydroxyl groups is 2. The van der Waals surface area contributed by atoms with Crippen LogP contribution in [0.2, 0.25) is 0 Å². The SMILES string of the molecule is CCCCCCCCCCCCCCCCCCCCC/C=C/C(O)C(CO)NC(=O)CCCCCCCCCCCCCCCCCCCCCCCCCCCCCCCCCC. The van der Waals surface area contributed by atoms with Crippen molar-refractivity contribution in [1.82, 2.24) is 5.32 Å². The molecule has 1 amide bonds. The Labute approximate surface area is 409 Å². The van der Waals surface area contributed by atoms with Crippen LogP contribution in [0.15, 0.2) is 12.2 Å². The summed E-state index contributed by atoms with van der Waals surface area (Å²) in [5, 5.41) is 23.2. The second-order valence-corrected chi connectivity index (χ2v) is 21.1. The standard InChI is InChI=1S/C61H121NO3/c1-3-5-7-9-11-13-15-17-19-21-23-25-26-27-28-29-30-31-32-33-34-35-37-39-41-43-45-47-49-51-53-55-57-61(65)62-59(58-63)60(64)56-54-52-50-48-46-44-42-40-38-36-24-22-20-18-16-14-12-10-8-6-4-2/h54,56,59-60,63-64H,3-53,55,57-58H2,1-2H3,(H,62,65)/b56-54+. The molecule has 4 nitrogen and oxygen atoms in total. The topological polar surface area (TPSA) is 69.6 Å². The molecule has 0 saturated heterocycles. The average molecular weight is 917 g/mol. The molecule has 0 aromatic carbocycles. The minimum atomic E-state index is -0.836. The van der Waals surface area contributed by atoms with E-state index >= 15 is 0 Å². The molecule has 388 valence electrons. The molecule has 0 aliphatic rings. The van der Waals surface area contributed by atoms with E-state index in [1.807, 2.05) is 6.08 Å². The molecule has 0 radical (unpaired) electrons. The van der Waals surface area contributed by atoms with Gasteiger partial charge in [0.1, 0.15) is 0 Å². The summed E-state index contributed by atoms with van der Waals surface area (Å²) in [4.78, 5) is 12.5. The fourth-order valence-corrected chi connectivity index (χ4v) is 9.89. The Hall–Kier alpha value is -0.870. The fourth-order valence-electron chi connectivity index (χ4n) is 9.89. The Kier molecular flexibility index (Phi) is 56.7. The minimum absolute atomic E-state index is 0.0547. The molecule has 0 bridgehead atoms. The number of amides is 1. The lowest BCUT2D eigenvalue weighted by atomic mass is 10.0. The molecule has 3 N–H and O–H groups in total. The van der Waals surface area contributed by atoms with Crippen molar-refractivity contribution in [2.45, 2.75) is 366 Å². The van der Waals surface area contributed by atoms with Gasteiger partial charge in [0.05, 0.1) is 18.8 Å². The van der Waals surface area contributed by atoms with Crippen LogP contribution < -0.4 is 5.32 Å². The molecule has 4 heteroatoms. The van der Waals surface area contributed by atoms with Crippen molar-refractivity contribution >= 4 is 5.91 Å². The van der Waals surface area contributed by atoms with Crippen LogP contribution in [0.1, 0.15) is 354 Å². The zero-order chi connectivity index (χ0) is 47.0. The first-order valence-electron chi connectivity index (χ1n) is 30.4. The van der Waals surface area contributed by atoms with Gasteiger partial charge in [0, 0.05) is 6.42 Å². The van der Waals surface area contributed by atoms with Crippen LogP contribution >= 0.6 is 0 Å². The smallest absolute Gasteiger partial charge is 0.220 e. The van der Waals surface area contributed by atoms with E-state index < -0.39 is 12.1 Å². The predicted octanol–water partition coefficient (Wildman–Crippen LogP) is 20.1. The zero-order valence-electron chi connectivity index (χ0n) is 44.8. The molecule has 0 saturated carbocycles. The molecule has 65 heavy (non-hydrogen) atoms. The van der Waals surface area contributed by atoms with Gasteiger partial charge in [-0.3, -0.25) is 4.79 Å². The molecule has 2 unspecified atom stereocenters. The Morgan fingerprint density at radius 1 is 0.354 bits per heavy atom. The zero-order valence-corrected chi connectivity index (χ0v) is 44.8. The number of hydrogen-bond acceptors (Lipinski definition) is 3. The highest BCUT2D eigenvalue weighted by Gasteiger charge is 2.18. The van der Waals surface area contributed by atoms with Gasteiger partial charge in [-0.1, -0.05) is 341 Å². The first kappa shape index (κ1) is 64.1. The third-order valence-electron chi connectivity index (χ3n) is 14.5. The quantitative estimate of drug-likeness (QED) is 0.0421. The summed E-state index contributed by atoms with van der Waals surface area (Å²) in [6, 6.07) is -0.618. The van der Waals surface area contributed by atoms with Crippen LogP contribution in [0.3, 0.4) is 0 Å². The molecule has 0 heterocycles. The molecule has 2 atom stereocenters. The Balaban J connectivity index is 3.41. The van der Waals surface area contributed by atoms with Gasteiger partial charge in [-0.05, 0) is 19.3 Å². The number of hydrogen-bond donors (Lipinski definition) is 3. The summed E-state index contributed by atoms with van der Waals surface area (Å²) in [6.07, 6.45) is 75.4. The van der Waals surface area contributed by atoms with Gasteiger partial charge in [-0.25, -0.2) is 0 Å². The summed E-state index contributed by atoms with van der Waals surface area (Å²) in [7, 11) is 0. The lowest BCUT2D eigenvalue weighted by Gasteiger charge is -2.20. The maximum Gasteiger partial charge on any atom is 0.220 e. The number of unbranched alkanes of at least 4 members (excludes halogenated alkanes) is 50. The van der Waals surface area contributed by atoms with Gasteiger partial charge in [0.15, 0.2) is 0 Å². The molecule has 0 fully saturated rings. The molecule has 0 aliphatic carbocycles. The minimum Gasteiger partial charge on any atom is -0.394 e. The summed E-state index contributed by atoms with van der Waals surface area (Å²) in [5.74, 6) is -0.0547. The lowest BCUT2D eigenvalue weighted by molar-refractivity contribution is -0.123. The monoisotopic (exact) mass is 916 g/mol. The van der Waals surface area contributed by atoms with Crippen LogP contribution in [0.5, 0.6) is 0 Å². The van der Waals surface area contributed by atoms with Crippen molar-refractivity contribution in [3.05, 3.63) is 12.2 Å². The number of rotatable bonds is 57. The van der Waals surface area contributed by atoms with E-state index in [0.717, 1.165) is 25.7 Å². The molecule has 0 aromatic heterocycles. The lowest BCUT2D eigenvalue weighted by Crippen LogP contribution is -2.45. The first-order chi connectivity index (χ1) is 32.2. The highest BCUT2D eigenvalue weighted by molar-refractivity contribution is 5.76. The van der Waals surface area contributed by atoms with E-state index in [0.29, 0.717) is 6.42 Å². The number of aliphatic hydroxyl groups excluding tert-OH is 2. The highest BCUT2D eigenvalue weighted by Crippen LogP contribution is 2.19. The Morgan fingerprint density at radius 2 is 0.569 bits per heavy atom. The van der Waals surface area contributed by atoms with Crippen molar-refractivity contribution in [1.29, 1.82) is 0 Å². The van der Waals surface area contributed by atoms with E-state index in [9.17, 15) is 15.0 Å². The fraction of sp³-hybridized carbons (Fsp3) is 0.951. The van der Waals surface area contributed by atoms with Crippen LogP contribution in [-0.4, -0.2) is 34.9 Å². The summed E-state index contributed by atoms with van der Waals surface area (Å²) >= 11 is 0. The third-order valence-corrected chi connectivity index (χ3v) is 14.5. The largest absolute Gasteiger partial charge is 0.394 e. The maximum atomic E-state index is 12.5. The van der Waals surface area contributed by atoms with Crippen molar-refractivity contribution in [3.63, 3.8) is 0 Å². The van der Waals surface area contributed by atoms with E-state index in [1.165, 1.54) is 308 Å². The summed E-state index contributed by atoms with van der Waals surface area (Å²) in [6.45, 7) is 4.36. The number of carbonyl (C=O) groups is 1. The highest BCUT2D eigenvalue weighted by atomic mass is 16.3. The predicted molar refractivity (Wildman–Crippen MR) is 290 cm³/mol. The van der Waals surface area contributed by atoms with E-state index in [-0.39, 0.29) is 12.5 Å². The molecule has 0 aliphatic heterocycles. The van der Waals surface area contributed by atoms with E-state index in [1.54, 1.807) is 6.08 Å². The van der Waals surface area contributed by atoms with Crippen LogP contribution in [-0.2, 0) is 4.79 Å². The summed E-state index contributed by atoms with van der Waals surface area (Å²) in [5.41, 5.74) is 0. The van der Waals surface area contributed by atoms with Crippen LogP contribution in [0.25, 0.3) is 0 Å². The molecule has 0 spiro atoms. The van der Waals surface area contributed by atoms with E-state index in [2.05, 4.69) is 19.2 Å². The third kappa shape index (κ3) is 53.9. The number of allylic oxidation sites excluding steroid dienone is 1. The Morgan fingerprint density at radius 3 is 0.800 bits per heavy atom. The van der Waals surface area contributed by atoms with Gasteiger partial charge in [0.25, 0.3) is 0 Å². The van der Waals surface area contributed by atoms with E-state index in [4.69, 9.17) is 0 Å². The number of nitrogens with one attached hydrogen (secondary N) is 1. The van der Waals surface area contributed by atoms with Gasteiger partial charge in [-0.2, -0.15) is 0 Å². The number of carbonyl (C=O) groups excluding carboxylic acids is 1. The van der Waals surface area contributed by atoms with Gasteiger partial charge >= 0.3 is 0 Å². The van der Waals surface area contributed by atoms with Crippen molar-refractivity contribution in [2.75, 3.05) is 6.61 Å². The first-order valence-corrected chi connectivity index (χ1v) is 30.4. The van der Waals surface area contributed by atoms with Gasteiger partial charge in [-0.15, -0.1) is 0 Å². The van der Waals surface area contributed by atoms with Gasteiger partial charge in [0.2, 0.25) is 5.91 Å². The van der Waals surface area contributed by atoms with Crippen LogP contribution in [0, 0.1) is 0 Å². The Bertz CT molecular complexity index is 905. The molecule has 0 aromatic rings. The van der Waals surface area contributed by atoms with Crippen molar-refractivity contribution < 1.29 is 15.0 Å². The second-order valence-electron chi connectivity index (χ2n) is 21.1. The maximum absolute atomic E-state index is 12.5. The van der Waals surface area contributed by atoms with Crippen LogP contribution in [0.4, 0.5) is 0 Å². The normalized spacial score (nSPS) is 12.7. The van der Waals surface area contributed by atoms with Crippen molar-refractivity contribution in [2.24, 2.45) is 0 Å². The molecular weight excluding hydrogens is 795 g/mol.